The highest BCUT2D eigenvalue weighted by Gasteiger charge is 2.29. The molecule has 1 amide bonds. The van der Waals surface area contributed by atoms with Crippen LogP contribution in [-0.2, 0) is 21.2 Å². The van der Waals surface area contributed by atoms with E-state index in [4.69, 9.17) is 9.47 Å². The minimum absolute atomic E-state index is 0.191. The van der Waals surface area contributed by atoms with Gasteiger partial charge in [-0.25, -0.2) is 8.42 Å². The molecule has 1 fully saturated rings. The van der Waals surface area contributed by atoms with Crippen LogP contribution in [0.1, 0.15) is 34.0 Å². The quantitative estimate of drug-likeness (QED) is 0.630. The van der Waals surface area contributed by atoms with E-state index in [1.807, 2.05) is 39.0 Å². The standard InChI is InChI=1S/C23H30N2O5S/c1-4-19-8-9-20(16-21(19)31(27,28)25-11-14-29-15-12-25)23(26)24-10-13-30-22-17(2)6-5-7-18(22)3/h5-9,16H,4,10-15H2,1-3H3,(H,24,26). The summed E-state index contributed by atoms with van der Waals surface area (Å²) >= 11 is 0. The number of rotatable bonds is 8. The van der Waals surface area contributed by atoms with E-state index in [9.17, 15) is 13.2 Å². The second-order valence-electron chi connectivity index (χ2n) is 7.52. The summed E-state index contributed by atoms with van der Waals surface area (Å²) < 4.78 is 38.8. The zero-order valence-corrected chi connectivity index (χ0v) is 19.1. The fourth-order valence-electron chi connectivity index (χ4n) is 3.60. The van der Waals surface area contributed by atoms with Crippen LogP contribution >= 0.6 is 0 Å². The molecular weight excluding hydrogens is 416 g/mol. The van der Waals surface area contributed by atoms with Gasteiger partial charge in [0.25, 0.3) is 5.91 Å². The lowest BCUT2D eigenvalue weighted by Crippen LogP contribution is -2.41. The molecule has 0 atom stereocenters. The lowest BCUT2D eigenvalue weighted by atomic mass is 10.1. The van der Waals surface area contributed by atoms with Crippen LogP contribution in [-0.4, -0.2) is 58.1 Å². The van der Waals surface area contributed by atoms with Crippen molar-refractivity contribution in [2.24, 2.45) is 0 Å². The number of carbonyl (C=O) groups is 1. The van der Waals surface area contributed by atoms with Gasteiger partial charge in [-0.2, -0.15) is 4.31 Å². The average molecular weight is 447 g/mol. The van der Waals surface area contributed by atoms with Gasteiger partial charge < -0.3 is 14.8 Å². The molecule has 1 aliphatic rings. The van der Waals surface area contributed by atoms with Crippen molar-refractivity contribution in [2.45, 2.75) is 32.1 Å². The number of para-hydroxylation sites is 1. The number of sulfonamides is 1. The van der Waals surface area contributed by atoms with E-state index < -0.39 is 10.0 Å². The first kappa shape index (κ1) is 23.2. The second-order valence-corrected chi connectivity index (χ2v) is 9.42. The highest BCUT2D eigenvalue weighted by atomic mass is 32.2. The molecule has 1 aliphatic heterocycles. The Morgan fingerprint density at radius 1 is 1.13 bits per heavy atom. The second kappa shape index (κ2) is 10.3. The van der Waals surface area contributed by atoms with Gasteiger partial charge in [0, 0.05) is 18.7 Å². The van der Waals surface area contributed by atoms with Crippen LogP contribution in [0.15, 0.2) is 41.3 Å². The summed E-state index contributed by atoms with van der Waals surface area (Å²) in [7, 11) is -3.68. The number of morpholine rings is 1. The number of hydrogen-bond donors (Lipinski definition) is 1. The molecular formula is C23H30N2O5S. The first-order valence-electron chi connectivity index (χ1n) is 10.5. The third-order valence-electron chi connectivity index (χ3n) is 5.34. The number of aryl methyl sites for hydroxylation is 3. The number of amides is 1. The molecule has 3 rings (SSSR count). The van der Waals surface area contributed by atoms with E-state index in [2.05, 4.69) is 5.32 Å². The number of nitrogens with zero attached hydrogens (tertiary/aromatic N) is 1. The molecule has 0 spiro atoms. The van der Waals surface area contributed by atoms with E-state index >= 15 is 0 Å². The third kappa shape index (κ3) is 5.44. The van der Waals surface area contributed by atoms with Crippen LogP contribution in [0.25, 0.3) is 0 Å². The minimum Gasteiger partial charge on any atom is -0.491 e. The van der Waals surface area contributed by atoms with Gasteiger partial charge in [0.1, 0.15) is 12.4 Å². The van der Waals surface area contributed by atoms with E-state index in [0.717, 1.165) is 16.9 Å². The van der Waals surface area contributed by atoms with Gasteiger partial charge in [-0.15, -0.1) is 0 Å². The van der Waals surface area contributed by atoms with Crippen LogP contribution in [0.2, 0.25) is 0 Å². The molecule has 1 saturated heterocycles. The normalized spacial score (nSPS) is 14.9. The van der Waals surface area contributed by atoms with Gasteiger partial charge in [-0.1, -0.05) is 31.2 Å². The lowest BCUT2D eigenvalue weighted by Gasteiger charge is -2.27. The number of carbonyl (C=O) groups excluding carboxylic acids is 1. The van der Waals surface area contributed by atoms with Crippen molar-refractivity contribution in [3.8, 4) is 5.75 Å². The van der Waals surface area contributed by atoms with Crippen molar-refractivity contribution in [2.75, 3.05) is 39.5 Å². The Balaban J connectivity index is 1.68. The van der Waals surface area contributed by atoms with Gasteiger partial charge in [0.2, 0.25) is 10.0 Å². The summed E-state index contributed by atoms with van der Waals surface area (Å²) in [6.07, 6.45) is 0.560. The van der Waals surface area contributed by atoms with E-state index in [1.54, 1.807) is 12.1 Å². The Labute approximate surface area is 184 Å². The van der Waals surface area contributed by atoms with Crippen molar-refractivity contribution in [1.29, 1.82) is 0 Å². The summed E-state index contributed by atoms with van der Waals surface area (Å²) in [4.78, 5) is 12.8. The van der Waals surface area contributed by atoms with E-state index in [0.29, 0.717) is 57.0 Å². The van der Waals surface area contributed by atoms with Gasteiger partial charge in [-0.05, 0) is 49.1 Å². The maximum Gasteiger partial charge on any atom is 0.251 e. The zero-order chi connectivity index (χ0) is 22.4. The summed E-state index contributed by atoms with van der Waals surface area (Å²) in [5.41, 5.74) is 3.09. The molecule has 168 valence electrons. The first-order valence-corrected chi connectivity index (χ1v) is 12.0. The molecule has 0 radical (unpaired) electrons. The number of ether oxygens (including phenoxy) is 2. The van der Waals surface area contributed by atoms with Crippen LogP contribution in [0.5, 0.6) is 5.75 Å². The third-order valence-corrected chi connectivity index (χ3v) is 7.32. The highest BCUT2D eigenvalue weighted by Crippen LogP contribution is 2.24. The Kier molecular flexibility index (Phi) is 7.69. The molecule has 1 heterocycles. The first-order chi connectivity index (χ1) is 14.8. The number of hydrogen-bond acceptors (Lipinski definition) is 5. The minimum atomic E-state index is -3.68. The van der Waals surface area contributed by atoms with E-state index in [-0.39, 0.29) is 10.8 Å². The smallest absolute Gasteiger partial charge is 0.251 e. The van der Waals surface area contributed by atoms with Crippen molar-refractivity contribution >= 4 is 15.9 Å². The summed E-state index contributed by atoms with van der Waals surface area (Å²) in [5.74, 6) is 0.495. The molecule has 7 nitrogen and oxygen atoms in total. The fourth-order valence-corrected chi connectivity index (χ4v) is 5.33. The molecule has 8 heteroatoms. The summed E-state index contributed by atoms with van der Waals surface area (Å²) in [6, 6.07) is 10.8. The van der Waals surface area contributed by atoms with Gasteiger partial charge in [0.15, 0.2) is 0 Å². The molecule has 0 aromatic heterocycles. The highest BCUT2D eigenvalue weighted by molar-refractivity contribution is 7.89. The molecule has 0 unspecified atom stereocenters. The van der Waals surface area contributed by atoms with Gasteiger partial charge >= 0.3 is 0 Å². The zero-order valence-electron chi connectivity index (χ0n) is 18.3. The molecule has 2 aromatic rings. The topological polar surface area (TPSA) is 84.9 Å². The Hall–Kier alpha value is -2.42. The predicted molar refractivity (Wildman–Crippen MR) is 119 cm³/mol. The van der Waals surface area contributed by atoms with Crippen LogP contribution in [0.4, 0.5) is 0 Å². The van der Waals surface area contributed by atoms with Crippen molar-refractivity contribution < 1.29 is 22.7 Å². The molecule has 31 heavy (non-hydrogen) atoms. The molecule has 1 N–H and O–H groups in total. The summed E-state index contributed by atoms with van der Waals surface area (Å²) in [6.45, 7) is 7.88. The Bertz CT molecular complexity index is 1010. The average Bonchev–Trinajstić information content (AvgIpc) is 2.78. The number of benzene rings is 2. The largest absolute Gasteiger partial charge is 0.491 e. The predicted octanol–water partition coefficient (Wildman–Crippen LogP) is 2.70. The van der Waals surface area contributed by atoms with Gasteiger partial charge in [0.05, 0.1) is 24.7 Å². The SMILES string of the molecule is CCc1ccc(C(=O)NCCOc2c(C)cccc2C)cc1S(=O)(=O)N1CCOCC1. The molecule has 2 aromatic carbocycles. The fraction of sp³-hybridized carbons (Fsp3) is 0.435. The van der Waals surface area contributed by atoms with E-state index in [1.165, 1.54) is 10.4 Å². The van der Waals surface area contributed by atoms with Crippen LogP contribution < -0.4 is 10.1 Å². The van der Waals surface area contributed by atoms with Crippen molar-refractivity contribution in [3.63, 3.8) is 0 Å². The molecule has 0 saturated carbocycles. The maximum atomic E-state index is 13.1. The van der Waals surface area contributed by atoms with Crippen LogP contribution in [0, 0.1) is 13.8 Å². The maximum absolute atomic E-state index is 13.1. The Morgan fingerprint density at radius 3 is 2.45 bits per heavy atom. The van der Waals surface area contributed by atoms with Crippen molar-refractivity contribution in [3.05, 3.63) is 58.7 Å². The van der Waals surface area contributed by atoms with Crippen LogP contribution in [0.3, 0.4) is 0 Å². The summed E-state index contributed by atoms with van der Waals surface area (Å²) in [5, 5.41) is 2.81. The molecule has 0 bridgehead atoms. The van der Waals surface area contributed by atoms with Gasteiger partial charge in [-0.3, -0.25) is 4.79 Å². The van der Waals surface area contributed by atoms with Crippen molar-refractivity contribution in [1.82, 2.24) is 9.62 Å². The lowest BCUT2D eigenvalue weighted by molar-refractivity contribution is 0.0730. The number of nitrogens with one attached hydrogen (secondary N) is 1. The Morgan fingerprint density at radius 2 is 1.81 bits per heavy atom. The molecule has 0 aliphatic carbocycles. The monoisotopic (exact) mass is 446 g/mol.